The Bertz CT molecular complexity index is 895. The van der Waals surface area contributed by atoms with Crippen molar-refractivity contribution >= 4 is 5.97 Å². The van der Waals surface area contributed by atoms with Gasteiger partial charge < -0.3 is 9.84 Å². The number of ether oxygens (including phenoxy) is 1. The van der Waals surface area contributed by atoms with E-state index in [4.69, 9.17) is 4.74 Å². The maximum atomic E-state index is 13.2. The number of rotatable bonds is 7. The predicted molar refractivity (Wildman–Crippen MR) is 120 cm³/mol. The van der Waals surface area contributed by atoms with Crippen LogP contribution in [0.5, 0.6) is 0 Å². The van der Waals surface area contributed by atoms with Crippen molar-refractivity contribution in [2.45, 2.75) is 50.8 Å². The maximum absolute atomic E-state index is 13.2. The molecule has 0 spiro atoms. The lowest BCUT2D eigenvalue weighted by atomic mass is 9.80. The first-order chi connectivity index (χ1) is 15.1. The average molecular weight is 420 g/mol. The van der Waals surface area contributed by atoms with Crippen LogP contribution in [0.25, 0.3) is 0 Å². The predicted octanol–water partition coefficient (Wildman–Crippen LogP) is 4.37. The molecule has 1 N–H and O–H groups in total. The molecule has 4 heteroatoms. The lowest BCUT2D eigenvalue weighted by molar-refractivity contribution is -0.174. The molecular formula is C27H33NO3. The minimum Gasteiger partial charge on any atom is -0.463 e. The van der Waals surface area contributed by atoms with Crippen molar-refractivity contribution in [3.63, 3.8) is 0 Å². The second-order valence-electron chi connectivity index (χ2n) is 9.77. The van der Waals surface area contributed by atoms with Crippen molar-refractivity contribution in [3.8, 4) is 0 Å². The van der Waals surface area contributed by atoms with Gasteiger partial charge in [-0.1, -0.05) is 73.5 Å². The molecule has 31 heavy (non-hydrogen) atoms. The molecule has 164 valence electrons. The normalized spacial score (nSPS) is 30.0. The van der Waals surface area contributed by atoms with Crippen LogP contribution < -0.4 is 0 Å². The molecule has 1 aliphatic heterocycles. The van der Waals surface area contributed by atoms with Crippen LogP contribution in [0.3, 0.4) is 0 Å². The van der Waals surface area contributed by atoms with E-state index < -0.39 is 11.6 Å². The Balaban J connectivity index is 1.20. The molecular weight excluding hydrogens is 386 g/mol. The molecule has 3 fully saturated rings. The molecule has 2 aromatic rings. The largest absolute Gasteiger partial charge is 0.463 e. The lowest BCUT2D eigenvalue weighted by Crippen LogP contribution is -2.44. The van der Waals surface area contributed by atoms with E-state index >= 15 is 0 Å². The molecule has 1 heterocycles. The molecule has 0 aromatic heterocycles. The molecule has 5 unspecified atom stereocenters. The number of carbonyl (C=O) groups excluding carboxylic acids is 1. The van der Waals surface area contributed by atoms with Gasteiger partial charge in [0.05, 0.1) is 6.61 Å². The van der Waals surface area contributed by atoms with Crippen LogP contribution in [0.15, 0.2) is 60.7 Å². The Morgan fingerprint density at radius 3 is 2.32 bits per heavy atom. The summed E-state index contributed by atoms with van der Waals surface area (Å²) in [5.74, 6) is 1.11. The zero-order valence-electron chi connectivity index (χ0n) is 18.3. The van der Waals surface area contributed by atoms with E-state index in [1.54, 1.807) is 0 Å². The zero-order chi connectivity index (χ0) is 21.4. The van der Waals surface area contributed by atoms with Crippen LogP contribution in [-0.4, -0.2) is 35.2 Å². The quantitative estimate of drug-likeness (QED) is 0.677. The fourth-order valence-electron chi connectivity index (χ4n) is 6.23. The Labute approximate surface area is 185 Å². The number of likely N-dealkylation sites (tertiary alicyclic amines) is 1. The number of hydrogen-bond donors (Lipinski definition) is 1. The first kappa shape index (κ1) is 20.7. The van der Waals surface area contributed by atoms with Gasteiger partial charge in [-0.25, -0.2) is 4.79 Å². The first-order valence-corrected chi connectivity index (χ1v) is 11.8. The molecule has 5 atom stereocenters. The smallest absolute Gasteiger partial charge is 0.343 e. The van der Waals surface area contributed by atoms with E-state index in [1.165, 1.54) is 5.56 Å². The average Bonchev–Trinajstić information content (AvgIpc) is 3.11. The van der Waals surface area contributed by atoms with Crippen LogP contribution in [0.4, 0.5) is 0 Å². The summed E-state index contributed by atoms with van der Waals surface area (Å²) < 4.78 is 5.83. The fraction of sp³-hybridized carbons (Fsp3) is 0.519. The van der Waals surface area contributed by atoms with Crippen molar-refractivity contribution < 1.29 is 14.6 Å². The summed E-state index contributed by atoms with van der Waals surface area (Å²) >= 11 is 0. The summed E-state index contributed by atoms with van der Waals surface area (Å²) in [6.45, 7) is 4.78. The number of nitrogens with zero attached hydrogens (tertiary/aromatic N) is 1. The van der Waals surface area contributed by atoms with Gasteiger partial charge in [0, 0.05) is 31.0 Å². The second-order valence-corrected chi connectivity index (χ2v) is 9.77. The van der Waals surface area contributed by atoms with E-state index in [0.29, 0.717) is 36.0 Å². The molecule has 0 bridgehead atoms. The molecule has 4 nitrogen and oxygen atoms in total. The minimum atomic E-state index is -1.52. The van der Waals surface area contributed by atoms with Gasteiger partial charge >= 0.3 is 5.97 Å². The number of fused-ring (bicyclic) bond motifs is 1. The molecule has 3 aliphatic rings. The number of hydrogen-bond acceptors (Lipinski definition) is 4. The molecule has 1 saturated heterocycles. The van der Waals surface area contributed by atoms with Gasteiger partial charge in [-0.3, -0.25) is 4.90 Å². The number of esters is 1. The molecule has 2 saturated carbocycles. The van der Waals surface area contributed by atoms with Crippen molar-refractivity contribution in [2.24, 2.45) is 23.7 Å². The summed E-state index contributed by atoms with van der Waals surface area (Å²) in [5, 5.41) is 11.6. The summed E-state index contributed by atoms with van der Waals surface area (Å²) in [5.41, 5.74) is 0.501. The highest BCUT2D eigenvalue weighted by Gasteiger charge is 2.60. The number of aliphatic hydroxyl groups is 1. The van der Waals surface area contributed by atoms with Gasteiger partial charge in [0.25, 0.3) is 0 Å². The third-order valence-corrected chi connectivity index (χ3v) is 8.08. The van der Waals surface area contributed by atoms with E-state index in [-0.39, 0.29) is 5.92 Å². The zero-order valence-corrected chi connectivity index (χ0v) is 18.3. The highest BCUT2D eigenvalue weighted by Crippen LogP contribution is 2.55. The van der Waals surface area contributed by atoms with Crippen molar-refractivity contribution in [3.05, 3.63) is 71.8 Å². The summed E-state index contributed by atoms with van der Waals surface area (Å²) in [7, 11) is 0. The second kappa shape index (κ2) is 8.40. The van der Waals surface area contributed by atoms with Gasteiger partial charge in [-0.15, -0.1) is 0 Å². The van der Waals surface area contributed by atoms with Crippen molar-refractivity contribution in [1.82, 2.24) is 4.90 Å². The number of piperidine rings is 1. The van der Waals surface area contributed by atoms with Gasteiger partial charge in [0.1, 0.15) is 0 Å². The highest BCUT2D eigenvalue weighted by atomic mass is 16.6. The van der Waals surface area contributed by atoms with E-state index in [0.717, 1.165) is 38.8 Å². The van der Waals surface area contributed by atoms with Crippen LogP contribution >= 0.6 is 0 Å². The topological polar surface area (TPSA) is 49.8 Å². The van der Waals surface area contributed by atoms with E-state index in [2.05, 4.69) is 42.2 Å². The van der Waals surface area contributed by atoms with Crippen LogP contribution in [0, 0.1) is 23.7 Å². The first-order valence-electron chi connectivity index (χ1n) is 11.8. The molecule has 5 rings (SSSR count). The van der Waals surface area contributed by atoms with Crippen LogP contribution in [0.1, 0.15) is 43.7 Å². The molecule has 2 aliphatic carbocycles. The Kier molecular flexibility index (Phi) is 5.61. The van der Waals surface area contributed by atoms with Gasteiger partial charge in [0.2, 0.25) is 0 Å². The summed E-state index contributed by atoms with van der Waals surface area (Å²) in [6.07, 6.45) is 3.88. The van der Waals surface area contributed by atoms with E-state index in [9.17, 15) is 9.90 Å². The fourth-order valence-corrected chi connectivity index (χ4v) is 6.23. The molecule has 2 aromatic carbocycles. The minimum absolute atomic E-state index is 0.0543. The Hall–Kier alpha value is -2.17. The standard InChI is InChI=1S/C27H33NO3/c1-19-25-23(17-28(19)16-20-10-4-2-5-11-20)24(25)18-31-26(29)27(30,22-14-8-9-15-22)21-12-6-3-7-13-21/h2-7,10-13,19,22-25,30H,8-9,14-18H2,1H3. The van der Waals surface area contributed by atoms with Crippen LogP contribution in [0.2, 0.25) is 0 Å². The number of carbonyl (C=O) groups is 1. The van der Waals surface area contributed by atoms with Crippen LogP contribution in [-0.2, 0) is 21.7 Å². The van der Waals surface area contributed by atoms with Crippen molar-refractivity contribution in [2.75, 3.05) is 13.2 Å². The third kappa shape index (κ3) is 3.81. The maximum Gasteiger partial charge on any atom is 0.343 e. The van der Waals surface area contributed by atoms with Crippen molar-refractivity contribution in [1.29, 1.82) is 0 Å². The highest BCUT2D eigenvalue weighted by molar-refractivity contribution is 5.81. The number of benzene rings is 2. The molecule has 0 amide bonds. The Morgan fingerprint density at radius 1 is 1.06 bits per heavy atom. The van der Waals surface area contributed by atoms with Gasteiger partial charge in [0.15, 0.2) is 5.60 Å². The SMILES string of the molecule is CC1C2C(COC(=O)C(O)(c3ccccc3)C3CCCC3)C2CN1Cc1ccccc1. The summed E-state index contributed by atoms with van der Waals surface area (Å²) in [6, 6.07) is 20.5. The summed E-state index contributed by atoms with van der Waals surface area (Å²) in [4.78, 5) is 15.8. The third-order valence-electron chi connectivity index (χ3n) is 8.08. The van der Waals surface area contributed by atoms with E-state index in [1.807, 2.05) is 30.3 Å². The molecule has 0 radical (unpaired) electrons. The monoisotopic (exact) mass is 419 g/mol. The van der Waals surface area contributed by atoms with Gasteiger partial charge in [-0.05, 0) is 42.7 Å². The lowest BCUT2D eigenvalue weighted by Gasteiger charge is -2.32. The van der Waals surface area contributed by atoms with Gasteiger partial charge in [-0.2, -0.15) is 0 Å². The Morgan fingerprint density at radius 2 is 1.71 bits per heavy atom.